The van der Waals surface area contributed by atoms with Crippen LogP contribution in [0.4, 0.5) is 0 Å². The molecule has 0 spiro atoms. The zero-order valence-electron chi connectivity index (χ0n) is 29.7. The number of hydrogen-bond acceptors (Lipinski definition) is 8. The van der Waals surface area contributed by atoms with Crippen molar-refractivity contribution in [1.29, 1.82) is 0 Å². The minimum absolute atomic E-state index is 0.415. The molecule has 0 aromatic rings. The molecule has 11 rings (SSSR count). The monoisotopic (exact) mass is 661 g/mol. The van der Waals surface area contributed by atoms with Crippen molar-refractivity contribution in [3.8, 4) is 0 Å². The van der Waals surface area contributed by atoms with Gasteiger partial charge in [0, 0.05) is 0 Å². The van der Waals surface area contributed by atoms with Gasteiger partial charge in [0.05, 0.1) is 49.3 Å². The summed E-state index contributed by atoms with van der Waals surface area (Å²) in [7, 11) is 0. The molecule has 0 aromatic carbocycles. The summed E-state index contributed by atoms with van der Waals surface area (Å²) in [5, 5.41) is 35.0. The lowest BCUT2D eigenvalue weighted by Crippen LogP contribution is -2.62. The van der Waals surface area contributed by atoms with E-state index in [2.05, 4.69) is 42.5 Å². The van der Waals surface area contributed by atoms with Crippen molar-refractivity contribution in [3.63, 3.8) is 0 Å². The quantitative estimate of drug-likeness (QED) is 0.190. The van der Waals surface area contributed by atoms with Gasteiger partial charge in [0.1, 0.15) is 0 Å². The average molecular weight is 661 g/mol. The molecule has 48 heavy (non-hydrogen) atoms. The Morgan fingerprint density at radius 1 is 0.188 bits per heavy atom. The lowest BCUT2D eigenvalue weighted by Gasteiger charge is -2.55. The molecular formula is C40H68N8. The summed E-state index contributed by atoms with van der Waals surface area (Å²) >= 11 is 0. The van der Waals surface area contributed by atoms with Crippen LogP contribution in [0, 0.1) is 71.0 Å². The second-order valence-corrected chi connectivity index (χ2v) is 19.4. The van der Waals surface area contributed by atoms with Crippen LogP contribution in [0.2, 0.25) is 0 Å². The van der Waals surface area contributed by atoms with Gasteiger partial charge < -0.3 is 0 Å². The lowest BCUT2D eigenvalue weighted by molar-refractivity contribution is -0.0639. The molecule has 8 N–H and O–H groups in total. The van der Waals surface area contributed by atoms with Crippen LogP contribution in [0.15, 0.2) is 0 Å². The first-order chi connectivity index (χ1) is 23.8. The summed E-state index contributed by atoms with van der Waals surface area (Å²) in [6, 6.07) is 0. The fourth-order valence-electron chi connectivity index (χ4n) is 15.8. The minimum atomic E-state index is 0.415. The molecule has 6 aliphatic carbocycles. The normalized spacial score (nSPS) is 59.0. The van der Waals surface area contributed by atoms with E-state index in [1.54, 1.807) is 0 Å². The third-order valence-corrected chi connectivity index (χ3v) is 17.6. The van der Waals surface area contributed by atoms with Gasteiger partial charge in [0.25, 0.3) is 0 Å². The van der Waals surface area contributed by atoms with E-state index in [-0.39, 0.29) is 0 Å². The van der Waals surface area contributed by atoms with Gasteiger partial charge in [-0.1, -0.05) is 64.2 Å². The Morgan fingerprint density at radius 3 is 0.646 bits per heavy atom. The Kier molecular flexibility index (Phi) is 8.24. The maximum atomic E-state index is 4.49. The van der Waals surface area contributed by atoms with Crippen molar-refractivity contribution in [2.45, 2.75) is 178 Å². The first-order valence-corrected chi connectivity index (χ1v) is 21.9. The Hall–Kier alpha value is -0.320. The SMILES string of the molecule is C1CCC2C3NC(NC4NC(NC5NC(NC6NC(N3)C3CCCCC63)C3C6CCCCC6C6CCCCC6C53)C3CCCCC43)C2C1. The van der Waals surface area contributed by atoms with E-state index >= 15 is 0 Å². The molecule has 268 valence electrons. The smallest absolute Gasteiger partial charge is 0.0631 e. The lowest BCUT2D eigenvalue weighted by atomic mass is 9.50. The van der Waals surface area contributed by atoms with Crippen LogP contribution in [-0.2, 0) is 0 Å². The predicted molar refractivity (Wildman–Crippen MR) is 190 cm³/mol. The van der Waals surface area contributed by atoms with E-state index in [0.29, 0.717) is 49.3 Å². The number of hydrogen-bond donors (Lipinski definition) is 8. The topological polar surface area (TPSA) is 96.2 Å². The van der Waals surface area contributed by atoms with Gasteiger partial charge in [-0.05, 0) is 135 Å². The van der Waals surface area contributed by atoms with Gasteiger partial charge in [0.2, 0.25) is 0 Å². The van der Waals surface area contributed by atoms with E-state index in [4.69, 9.17) is 0 Å². The highest BCUT2D eigenvalue weighted by Gasteiger charge is 2.61. The number of fused-ring (bicyclic) bond motifs is 25. The van der Waals surface area contributed by atoms with Crippen LogP contribution in [0.1, 0.15) is 128 Å². The van der Waals surface area contributed by atoms with Crippen molar-refractivity contribution in [2.75, 3.05) is 0 Å². The maximum absolute atomic E-state index is 4.49. The van der Waals surface area contributed by atoms with Crippen LogP contribution in [0.5, 0.6) is 0 Å². The van der Waals surface area contributed by atoms with Crippen LogP contribution in [-0.4, -0.2) is 49.3 Å². The summed E-state index contributed by atoms with van der Waals surface area (Å²) in [5.74, 6) is 9.72. The van der Waals surface area contributed by atoms with E-state index in [9.17, 15) is 0 Å². The molecule has 6 saturated carbocycles. The van der Waals surface area contributed by atoms with Crippen LogP contribution in [0.3, 0.4) is 0 Å². The molecule has 11 aliphatic rings. The largest absolute Gasteiger partial charge is 0.286 e. The number of rotatable bonds is 0. The van der Waals surface area contributed by atoms with Gasteiger partial charge in [-0.2, -0.15) is 0 Å². The molecule has 5 aliphatic heterocycles. The van der Waals surface area contributed by atoms with Crippen molar-refractivity contribution < 1.29 is 0 Å². The van der Waals surface area contributed by atoms with Crippen molar-refractivity contribution >= 4 is 0 Å². The van der Waals surface area contributed by atoms with Crippen molar-refractivity contribution in [1.82, 2.24) is 42.5 Å². The second kappa shape index (κ2) is 12.7. The fraction of sp³-hybridized carbons (Fsp3) is 1.00. The first kappa shape index (κ1) is 31.2. The second-order valence-electron chi connectivity index (χ2n) is 19.4. The Balaban J connectivity index is 0.972. The molecule has 20 atom stereocenters. The van der Waals surface area contributed by atoms with E-state index < -0.39 is 0 Å². The van der Waals surface area contributed by atoms with Crippen LogP contribution < -0.4 is 42.5 Å². The third kappa shape index (κ3) is 5.03. The van der Waals surface area contributed by atoms with E-state index in [1.165, 1.54) is 128 Å². The Morgan fingerprint density at radius 2 is 0.375 bits per heavy atom. The molecule has 0 aromatic heterocycles. The maximum Gasteiger partial charge on any atom is 0.0631 e. The van der Waals surface area contributed by atoms with Crippen molar-refractivity contribution in [2.24, 2.45) is 71.0 Å². The molecule has 8 bridgehead atoms. The highest BCUT2D eigenvalue weighted by Crippen LogP contribution is 2.59. The molecule has 11 fully saturated rings. The molecule has 5 saturated heterocycles. The molecular weight excluding hydrogens is 592 g/mol. The number of nitrogens with one attached hydrogen (secondary N) is 8. The summed E-state index contributed by atoms with van der Waals surface area (Å²) in [6.07, 6.45) is 31.9. The highest BCUT2D eigenvalue weighted by molar-refractivity contribution is 5.12. The summed E-state index contributed by atoms with van der Waals surface area (Å²) in [4.78, 5) is 0. The molecule has 8 nitrogen and oxygen atoms in total. The van der Waals surface area contributed by atoms with Gasteiger partial charge in [-0.25, -0.2) is 0 Å². The van der Waals surface area contributed by atoms with Gasteiger partial charge in [-0.15, -0.1) is 0 Å². The predicted octanol–water partition coefficient (Wildman–Crippen LogP) is 4.66. The third-order valence-electron chi connectivity index (χ3n) is 17.6. The molecule has 5 heterocycles. The highest BCUT2D eigenvalue weighted by atomic mass is 15.4. The Bertz CT molecular complexity index is 1080. The van der Waals surface area contributed by atoms with Crippen LogP contribution >= 0.6 is 0 Å². The summed E-state index contributed by atoms with van der Waals surface area (Å²) in [6.45, 7) is 0. The van der Waals surface area contributed by atoms with Crippen molar-refractivity contribution in [3.05, 3.63) is 0 Å². The van der Waals surface area contributed by atoms with Crippen LogP contribution in [0.25, 0.3) is 0 Å². The minimum Gasteiger partial charge on any atom is -0.286 e. The molecule has 20 unspecified atom stereocenters. The molecule has 8 heteroatoms. The average Bonchev–Trinajstić information content (AvgIpc) is 3.87. The van der Waals surface area contributed by atoms with Gasteiger partial charge in [-0.3, -0.25) is 42.5 Å². The fourth-order valence-corrected chi connectivity index (χ4v) is 15.8. The molecule has 0 amide bonds. The Labute approximate surface area is 290 Å². The van der Waals surface area contributed by atoms with Gasteiger partial charge in [0.15, 0.2) is 0 Å². The molecule has 0 radical (unpaired) electrons. The van der Waals surface area contributed by atoms with E-state index in [0.717, 1.165) is 71.0 Å². The first-order valence-electron chi connectivity index (χ1n) is 21.9. The standard InChI is InChI=1S/C40H68N8/c1-3-13-23-21(11-1)22-12-2-4-14-24(22)32-31(23)39-46-37-29-19-9-7-17-27(29)35(44-37)42-33-25-15-5-6-16-26(25)34(41-33)43-36-28-18-8-10-20-30(28)38(45-36)47-40(32)48-39/h21-48H,1-20H2. The zero-order chi connectivity index (χ0) is 31.3. The van der Waals surface area contributed by atoms with Gasteiger partial charge >= 0.3 is 0 Å². The summed E-state index contributed by atoms with van der Waals surface area (Å²) in [5.41, 5.74) is 0. The summed E-state index contributed by atoms with van der Waals surface area (Å²) < 4.78 is 0. The van der Waals surface area contributed by atoms with E-state index in [1.807, 2.05) is 0 Å². The zero-order valence-corrected chi connectivity index (χ0v) is 29.7.